The summed E-state index contributed by atoms with van der Waals surface area (Å²) in [6.07, 6.45) is 6.95. The zero-order valence-corrected chi connectivity index (χ0v) is 10.9. The van der Waals surface area contributed by atoms with Crippen LogP contribution in [0.3, 0.4) is 0 Å². The second-order valence-corrected chi connectivity index (χ2v) is 4.47. The van der Waals surface area contributed by atoms with Crippen molar-refractivity contribution in [3.05, 3.63) is 18.1 Å². The molecule has 0 saturated carbocycles. The molecule has 1 atom stereocenters. The van der Waals surface area contributed by atoms with Crippen LogP contribution in [0.4, 0.5) is 0 Å². The van der Waals surface area contributed by atoms with E-state index < -0.39 is 0 Å². The predicted molar refractivity (Wildman–Crippen MR) is 68.5 cm³/mol. The number of ether oxygens (including phenoxy) is 2. The van der Waals surface area contributed by atoms with Gasteiger partial charge in [-0.3, -0.25) is 4.98 Å². The topological polar surface area (TPSA) is 56.3 Å². The Bertz CT molecular complexity index is 354. The van der Waals surface area contributed by atoms with Gasteiger partial charge in [-0.25, -0.2) is 4.98 Å². The van der Waals surface area contributed by atoms with Crippen LogP contribution in [0.25, 0.3) is 0 Å². The lowest BCUT2D eigenvalue weighted by atomic mass is 10.2. The average molecular weight is 251 g/mol. The molecular formula is C13H21N3O2. The monoisotopic (exact) mass is 251 g/mol. The standard InChI is InChI=1S/C13H21N3O2/c1-2-5-14-7-11-8-15-9-13(16-11)18-10-12-4-3-6-17-12/h8-9,12,14H,2-7,10H2,1H3. The summed E-state index contributed by atoms with van der Waals surface area (Å²) in [5.74, 6) is 0.585. The Morgan fingerprint density at radius 3 is 3.22 bits per heavy atom. The highest BCUT2D eigenvalue weighted by atomic mass is 16.5. The van der Waals surface area contributed by atoms with E-state index in [1.54, 1.807) is 12.4 Å². The average Bonchev–Trinajstić information content (AvgIpc) is 2.90. The van der Waals surface area contributed by atoms with Crippen molar-refractivity contribution in [1.82, 2.24) is 15.3 Å². The third-order valence-corrected chi connectivity index (χ3v) is 2.84. The molecular weight excluding hydrogens is 230 g/mol. The van der Waals surface area contributed by atoms with Crippen LogP contribution in [0.15, 0.2) is 12.4 Å². The highest BCUT2D eigenvalue weighted by Gasteiger charge is 2.16. The summed E-state index contributed by atoms with van der Waals surface area (Å²) in [5, 5.41) is 3.29. The largest absolute Gasteiger partial charge is 0.474 e. The third-order valence-electron chi connectivity index (χ3n) is 2.84. The lowest BCUT2D eigenvalue weighted by Crippen LogP contribution is -2.18. The Labute approximate surface area is 108 Å². The summed E-state index contributed by atoms with van der Waals surface area (Å²) in [7, 11) is 0. The van der Waals surface area contributed by atoms with Gasteiger partial charge in [0.2, 0.25) is 5.88 Å². The van der Waals surface area contributed by atoms with Gasteiger partial charge in [-0.15, -0.1) is 0 Å². The van der Waals surface area contributed by atoms with E-state index in [0.29, 0.717) is 12.5 Å². The quantitative estimate of drug-likeness (QED) is 0.745. The first-order chi connectivity index (χ1) is 8.88. The van der Waals surface area contributed by atoms with E-state index in [2.05, 4.69) is 22.2 Å². The Morgan fingerprint density at radius 1 is 1.50 bits per heavy atom. The third kappa shape index (κ3) is 4.23. The van der Waals surface area contributed by atoms with Crippen LogP contribution in [0.5, 0.6) is 5.88 Å². The molecule has 0 aliphatic carbocycles. The second-order valence-electron chi connectivity index (χ2n) is 4.47. The molecule has 1 aromatic rings. The number of hydrogen-bond acceptors (Lipinski definition) is 5. The van der Waals surface area contributed by atoms with Gasteiger partial charge in [0.05, 0.1) is 18.0 Å². The van der Waals surface area contributed by atoms with Crippen molar-refractivity contribution < 1.29 is 9.47 Å². The van der Waals surface area contributed by atoms with Gasteiger partial charge in [0, 0.05) is 19.3 Å². The number of nitrogens with one attached hydrogen (secondary N) is 1. The van der Waals surface area contributed by atoms with Crippen molar-refractivity contribution in [3.8, 4) is 5.88 Å². The molecule has 0 amide bonds. The number of aromatic nitrogens is 2. The fourth-order valence-electron chi connectivity index (χ4n) is 1.89. The van der Waals surface area contributed by atoms with Crippen LogP contribution in [0.1, 0.15) is 31.9 Å². The van der Waals surface area contributed by atoms with Crippen LogP contribution in [-0.4, -0.2) is 35.8 Å². The summed E-state index contributed by atoms with van der Waals surface area (Å²) in [5.41, 5.74) is 0.910. The highest BCUT2D eigenvalue weighted by Crippen LogP contribution is 2.13. The molecule has 1 unspecified atom stereocenters. The molecule has 1 aromatic heterocycles. The van der Waals surface area contributed by atoms with Crippen LogP contribution in [0, 0.1) is 0 Å². The van der Waals surface area contributed by atoms with Crippen molar-refractivity contribution in [2.75, 3.05) is 19.8 Å². The van der Waals surface area contributed by atoms with Gasteiger partial charge in [0.1, 0.15) is 6.61 Å². The van der Waals surface area contributed by atoms with Crippen molar-refractivity contribution in [2.45, 2.75) is 38.8 Å². The molecule has 1 saturated heterocycles. The normalized spacial score (nSPS) is 19.1. The van der Waals surface area contributed by atoms with Gasteiger partial charge >= 0.3 is 0 Å². The van der Waals surface area contributed by atoms with E-state index in [-0.39, 0.29) is 6.10 Å². The lowest BCUT2D eigenvalue weighted by Gasteiger charge is -2.11. The molecule has 18 heavy (non-hydrogen) atoms. The minimum Gasteiger partial charge on any atom is -0.474 e. The fraction of sp³-hybridized carbons (Fsp3) is 0.692. The van der Waals surface area contributed by atoms with Gasteiger partial charge in [0.25, 0.3) is 0 Å². The molecule has 0 bridgehead atoms. The summed E-state index contributed by atoms with van der Waals surface area (Å²) in [4.78, 5) is 8.54. The van der Waals surface area contributed by atoms with E-state index in [1.807, 2.05) is 0 Å². The van der Waals surface area contributed by atoms with Crippen LogP contribution in [0.2, 0.25) is 0 Å². The molecule has 1 aliphatic heterocycles. The predicted octanol–water partition coefficient (Wildman–Crippen LogP) is 1.53. The Balaban J connectivity index is 1.78. The first kappa shape index (κ1) is 13.2. The Hall–Kier alpha value is -1.20. The van der Waals surface area contributed by atoms with Crippen molar-refractivity contribution in [3.63, 3.8) is 0 Å². The van der Waals surface area contributed by atoms with E-state index >= 15 is 0 Å². The number of hydrogen-bond donors (Lipinski definition) is 1. The maximum absolute atomic E-state index is 5.61. The minimum atomic E-state index is 0.216. The Morgan fingerprint density at radius 2 is 2.44 bits per heavy atom. The Kier molecular flexibility index (Phi) is 5.36. The molecule has 0 radical (unpaired) electrons. The summed E-state index contributed by atoms with van der Waals surface area (Å²) in [6.45, 7) is 5.28. The zero-order valence-electron chi connectivity index (χ0n) is 10.9. The molecule has 1 N–H and O–H groups in total. The van der Waals surface area contributed by atoms with Crippen LogP contribution >= 0.6 is 0 Å². The molecule has 5 heteroatoms. The second kappa shape index (κ2) is 7.28. The van der Waals surface area contributed by atoms with Gasteiger partial charge in [-0.05, 0) is 25.8 Å². The maximum atomic E-state index is 5.61. The van der Waals surface area contributed by atoms with Gasteiger partial charge in [-0.1, -0.05) is 6.92 Å². The van der Waals surface area contributed by atoms with Crippen molar-refractivity contribution in [1.29, 1.82) is 0 Å². The zero-order chi connectivity index (χ0) is 12.6. The summed E-state index contributed by atoms with van der Waals surface area (Å²) < 4.78 is 11.1. The molecule has 1 aliphatic rings. The summed E-state index contributed by atoms with van der Waals surface area (Å²) in [6, 6.07) is 0. The molecule has 2 heterocycles. The number of rotatable bonds is 7. The van der Waals surface area contributed by atoms with Crippen LogP contribution in [-0.2, 0) is 11.3 Å². The van der Waals surface area contributed by atoms with E-state index in [9.17, 15) is 0 Å². The molecule has 2 rings (SSSR count). The van der Waals surface area contributed by atoms with Gasteiger partial charge in [0.15, 0.2) is 0 Å². The smallest absolute Gasteiger partial charge is 0.232 e. The molecule has 0 spiro atoms. The first-order valence-electron chi connectivity index (χ1n) is 6.64. The molecule has 0 aromatic carbocycles. The van der Waals surface area contributed by atoms with E-state index in [4.69, 9.17) is 9.47 Å². The molecule has 100 valence electrons. The van der Waals surface area contributed by atoms with Gasteiger partial charge < -0.3 is 14.8 Å². The highest BCUT2D eigenvalue weighted by molar-refractivity contribution is 5.08. The SMILES string of the molecule is CCCNCc1cncc(OCC2CCCO2)n1. The first-order valence-corrected chi connectivity index (χ1v) is 6.64. The van der Waals surface area contributed by atoms with Gasteiger partial charge in [-0.2, -0.15) is 0 Å². The van der Waals surface area contributed by atoms with Crippen LogP contribution < -0.4 is 10.1 Å². The maximum Gasteiger partial charge on any atom is 0.232 e. The van der Waals surface area contributed by atoms with Crippen molar-refractivity contribution in [2.24, 2.45) is 0 Å². The van der Waals surface area contributed by atoms with E-state index in [1.165, 1.54) is 0 Å². The summed E-state index contributed by atoms with van der Waals surface area (Å²) >= 11 is 0. The number of nitrogens with zero attached hydrogens (tertiary/aromatic N) is 2. The molecule has 1 fully saturated rings. The molecule has 5 nitrogen and oxygen atoms in total. The minimum absolute atomic E-state index is 0.216. The van der Waals surface area contributed by atoms with E-state index in [0.717, 1.165) is 44.7 Å². The lowest BCUT2D eigenvalue weighted by molar-refractivity contribution is 0.0661. The van der Waals surface area contributed by atoms with Crippen molar-refractivity contribution >= 4 is 0 Å². The fourth-order valence-corrected chi connectivity index (χ4v) is 1.89.